The van der Waals surface area contributed by atoms with Crippen LogP contribution in [-0.4, -0.2) is 30.7 Å². The van der Waals surface area contributed by atoms with Crippen molar-refractivity contribution < 1.29 is 4.79 Å². The van der Waals surface area contributed by atoms with E-state index in [1.54, 1.807) is 0 Å². The third kappa shape index (κ3) is 1.04. The summed E-state index contributed by atoms with van der Waals surface area (Å²) in [4.78, 5) is 13.8. The second-order valence-electron chi connectivity index (χ2n) is 3.41. The molecule has 1 unspecified atom stereocenters. The molecule has 0 radical (unpaired) electrons. The van der Waals surface area contributed by atoms with Gasteiger partial charge < -0.3 is 0 Å². The first kappa shape index (κ1) is 7.60. The molecule has 0 aliphatic carbocycles. The minimum absolute atomic E-state index is 0.335. The van der Waals surface area contributed by atoms with Crippen molar-refractivity contribution in [3.8, 4) is 0 Å². The zero-order valence-corrected chi connectivity index (χ0v) is 8.78. The topological polar surface area (TPSA) is 20.3 Å². The van der Waals surface area contributed by atoms with Gasteiger partial charge in [-0.1, -0.05) is 0 Å². The summed E-state index contributed by atoms with van der Waals surface area (Å²) in [5.41, 5.74) is 1.35. The molecule has 0 aromatic heterocycles. The summed E-state index contributed by atoms with van der Waals surface area (Å²) in [7, 11) is 0. The Labute approximate surface area is 83.1 Å². The van der Waals surface area contributed by atoms with Crippen molar-refractivity contribution in [2.45, 2.75) is 17.9 Å². The first-order chi connectivity index (χ1) is 6.34. The Hall–Kier alpha value is -0.791. The van der Waals surface area contributed by atoms with Crippen LogP contribution < -0.4 is 4.46 Å². The van der Waals surface area contributed by atoms with Gasteiger partial charge >= 0.3 is 82.8 Å². The van der Waals surface area contributed by atoms with E-state index in [4.69, 9.17) is 0 Å². The van der Waals surface area contributed by atoms with Crippen molar-refractivity contribution in [1.82, 2.24) is 4.90 Å². The first-order valence-corrected chi connectivity index (χ1v) is 6.23. The SMILES string of the molecule is O=C1CC2[Se]c3ccccc3CN12. The summed E-state index contributed by atoms with van der Waals surface area (Å²) >= 11 is 0.489. The number of hydrogen-bond acceptors (Lipinski definition) is 1. The molecular formula is C10H9NOSe. The van der Waals surface area contributed by atoms with Crippen molar-refractivity contribution in [2.24, 2.45) is 0 Å². The molecule has 1 aromatic carbocycles. The number of rotatable bonds is 0. The van der Waals surface area contributed by atoms with Crippen LogP contribution in [0.5, 0.6) is 0 Å². The summed E-state index contributed by atoms with van der Waals surface area (Å²) in [6.45, 7) is 0.849. The summed E-state index contributed by atoms with van der Waals surface area (Å²) in [6, 6.07) is 8.49. The van der Waals surface area contributed by atoms with Crippen molar-refractivity contribution in [1.29, 1.82) is 0 Å². The number of fused-ring (bicyclic) bond motifs is 2. The van der Waals surface area contributed by atoms with Gasteiger partial charge in [0.25, 0.3) is 0 Å². The van der Waals surface area contributed by atoms with Gasteiger partial charge in [-0.25, -0.2) is 0 Å². The number of carbonyl (C=O) groups excluding carboxylic acids is 1. The molecule has 3 heteroatoms. The number of nitrogens with zero attached hydrogens (tertiary/aromatic N) is 1. The third-order valence-corrected chi connectivity index (χ3v) is 5.42. The second-order valence-corrected chi connectivity index (χ2v) is 5.96. The molecule has 13 heavy (non-hydrogen) atoms. The molecule has 1 atom stereocenters. The van der Waals surface area contributed by atoms with Crippen LogP contribution in [0.4, 0.5) is 0 Å². The Morgan fingerprint density at radius 1 is 1.38 bits per heavy atom. The van der Waals surface area contributed by atoms with Gasteiger partial charge in [-0.15, -0.1) is 0 Å². The van der Waals surface area contributed by atoms with E-state index in [2.05, 4.69) is 24.3 Å². The average Bonchev–Trinajstić information content (AvgIpc) is 2.16. The summed E-state index contributed by atoms with van der Waals surface area (Å²) < 4.78 is 1.49. The molecular weight excluding hydrogens is 229 g/mol. The van der Waals surface area contributed by atoms with Crippen LogP contribution in [0.3, 0.4) is 0 Å². The zero-order valence-electron chi connectivity index (χ0n) is 7.06. The second kappa shape index (κ2) is 2.60. The first-order valence-electron chi connectivity index (χ1n) is 4.38. The molecule has 2 heterocycles. The Balaban J connectivity index is 1.99. The Morgan fingerprint density at radius 3 is 3.08 bits per heavy atom. The zero-order chi connectivity index (χ0) is 8.84. The molecule has 0 N–H and O–H groups in total. The van der Waals surface area contributed by atoms with Crippen LogP contribution in [0, 0.1) is 0 Å². The summed E-state index contributed by atoms with van der Waals surface area (Å²) in [6.07, 6.45) is 0.786. The Bertz CT molecular complexity index is 377. The van der Waals surface area contributed by atoms with E-state index in [-0.39, 0.29) is 0 Å². The van der Waals surface area contributed by atoms with E-state index in [9.17, 15) is 4.79 Å². The van der Waals surface area contributed by atoms with Crippen LogP contribution in [0.1, 0.15) is 12.0 Å². The van der Waals surface area contributed by atoms with Crippen molar-refractivity contribution in [2.75, 3.05) is 0 Å². The maximum absolute atomic E-state index is 11.2. The van der Waals surface area contributed by atoms with Crippen LogP contribution in [0.2, 0.25) is 0 Å². The van der Waals surface area contributed by atoms with E-state index >= 15 is 0 Å². The van der Waals surface area contributed by atoms with Gasteiger partial charge in [0.05, 0.1) is 0 Å². The van der Waals surface area contributed by atoms with Crippen molar-refractivity contribution in [3.05, 3.63) is 29.8 Å². The fraction of sp³-hybridized carbons (Fsp3) is 0.300. The Morgan fingerprint density at radius 2 is 2.23 bits per heavy atom. The molecule has 2 aliphatic heterocycles. The number of β-lactam (4-membered cyclic amide) rings is 1. The molecule has 0 bridgehead atoms. The molecule has 1 amide bonds. The summed E-state index contributed by atoms with van der Waals surface area (Å²) in [5, 5.41) is 0. The number of carbonyl (C=O) groups is 1. The molecule has 2 aliphatic rings. The number of amides is 1. The number of benzene rings is 1. The van der Waals surface area contributed by atoms with Gasteiger partial charge in [0.15, 0.2) is 0 Å². The quantitative estimate of drug-likeness (QED) is 0.463. The van der Waals surface area contributed by atoms with Gasteiger partial charge in [-0.2, -0.15) is 0 Å². The fourth-order valence-electron chi connectivity index (χ4n) is 1.80. The van der Waals surface area contributed by atoms with E-state index in [1.807, 2.05) is 4.90 Å². The third-order valence-electron chi connectivity index (χ3n) is 2.59. The predicted octanol–water partition coefficient (Wildman–Crippen LogP) is 0.0881. The van der Waals surface area contributed by atoms with E-state index in [0.29, 0.717) is 25.8 Å². The van der Waals surface area contributed by atoms with Gasteiger partial charge in [-0.05, 0) is 0 Å². The van der Waals surface area contributed by atoms with Crippen LogP contribution in [0.15, 0.2) is 24.3 Å². The fourth-order valence-corrected chi connectivity index (χ4v) is 4.48. The standard InChI is InChI=1S/C10H9NOSe/c12-9-5-10-11(9)6-7-3-1-2-4-8(7)13-10/h1-4,10H,5-6H2. The van der Waals surface area contributed by atoms with Gasteiger partial charge in [0.1, 0.15) is 0 Å². The van der Waals surface area contributed by atoms with E-state index in [0.717, 1.165) is 13.0 Å². The van der Waals surface area contributed by atoms with Gasteiger partial charge in [0.2, 0.25) is 0 Å². The molecule has 1 aromatic rings. The molecule has 1 saturated heterocycles. The maximum atomic E-state index is 11.2. The minimum atomic E-state index is 0.335. The normalized spacial score (nSPS) is 24.8. The van der Waals surface area contributed by atoms with Crippen LogP contribution in [-0.2, 0) is 11.3 Å². The monoisotopic (exact) mass is 239 g/mol. The molecule has 66 valence electrons. The molecule has 0 saturated carbocycles. The number of hydrogen-bond donors (Lipinski definition) is 0. The van der Waals surface area contributed by atoms with Gasteiger partial charge in [-0.3, -0.25) is 0 Å². The Kier molecular flexibility index (Phi) is 1.52. The molecule has 0 spiro atoms. The average molecular weight is 238 g/mol. The van der Waals surface area contributed by atoms with Crippen LogP contribution >= 0.6 is 0 Å². The van der Waals surface area contributed by atoms with Crippen LogP contribution in [0.25, 0.3) is 0 Å². The van der Waals surface area contributed by atoms with Gasteiger partial charge in [0, 0.05) is 0 Å². The molecule has 2 nitrogen and oxygen atoms in total. The van der Waals surface area contributed by atoms with Crippen molar-refractivity contribution in [3.63, 3.8) is 0 Å². The van der Waals surface area contributed by atoms with E-state index < -0.39 is 0 Å². The van der Waals surface area contributed by atoms with E-state index in [1.165, 1.54) is 10.0 Å². The predicted molar refractivity (Wildman–Crippen MR) is 50.8 cm³/mol. The molecule has 3 rings (SSSR count). The van der Waals surface area contributed by atoms with Crippen molar-refractivity contribution >= 4 is 25.3 Å². The summed E-state index contributed by atoms with van der Waals surface area (Å²) in [5.74, 6) is 0.335. The molecule has 1 fully saturated rings.